The molecule has 0 aromatic carbocycles. The summed E-state index contributed by atoms with van der Waals surface area (Å²) in [4.78, 5) is 36.5. The van der Waals surface area contributed by atoms with Crippen LogP contribution in [0.4, 0.5) is 5.00 Å². The topological polar surface area (TPSA) is 84.5 Å². The molecule has 1 aromatic heterocycles. The minimum absolute atomic E-state index is 0.171. The van der Waals surface area contributed by atoms with Gasteiger partial charge in [0, 0.05) is 6.42 Å². The minimum atomic E-state index is -1.89. The van der Waals surface area contributed by atoms with E-state index in [0.717, 1.165) is 11.3 Å². The molecule has 0 saturated carbocycles. The number of hydrogen-bond donors (Lipinski definition) is 2. The molecule has 0 spiro atoms. The van der Waals surface area contributed by atoms with E-state index in [-0.39, 0.29) is 30.3 Å². The Morgan fingerprint density at radius 1 is 1.23 bits per heavy atom. The number of thiophene rings is 1. The van der Waals surface area contributed by atoms with Gasteiger partial charge in [0.2, 0.25) is 9.70 Å². The molecule has 2 N–H and O–H groups in total. The Morgan fingerprint density at radius 2 is 1.85 bits per heavy atom. The van der Waals surface area contributed by atoms with Crippen molar-refractivity contribution >= 4 is 68.8 Å². The zero-order chi connectivity index (χ0) is 20.1. The zero-order valence-corrected chi connectivity index (χ0v) is 18.0. The highest BCUT2D eigenvalue weighted by Crippen LogP contribution is 2.37. The number of Topliss-reactive ketones (excluding diaryl/α,β-unsaturated/α-hetero) is 1. The Labute approximate surface area is 171 Å². The second kappa shape index (κ2) is 9.78. The number of alkyl halides is 3. The van der Waals surface area contributed by atoms with Gasteiger partial charge < -0.3 is 15.4 Å². The molecule has 1 heterocycles. The van der Waals surface area contributed by atoms with E-state index in [1.54, 1.807) is 13.8 Å². The van der Waals surface area contributed by atoms with E-state index in [9.17, 15) is 14.4 Å². The van der Waals surface area contributed by atoms with Gasteiger partial charge in [0.1, 0.15) is 11.2 Å². The van der Waals surface area contributed by atoms with Crippen LogP contribution in [0.3, 0.4) is 0 Å². The van der Waals surface area contributed by atoms with Crippen LogP contribution in [-0.4, -0.2) is 34.2 Å². The summed E-state index contributed by atoms with van der Waals surface area (Å²) in [5, 5.41) is 5.75. The molecule has 0 saturated heterocycles. The summed E-state index contributed by atoms with van der Waals surface area (Å²) in [6.45, 7) is 6.73. The smallest absolute Gasteiger partial charge is 0.341 e. The van der Waals surface area contributed by atoms with E-state index in [2.05, 4.69) is 10.6 Å². The summed E-state index contributed by atoms with van der Waals surface area (Å²) in [6.07, 6.45) is -0.220. The maximum absolute atomic E-state index is 12.3. The van der Waals surface area contributed by atoms with Crippen molar-refractivity contribution in [3.63, 3.8) is 0 Å². The van der Waals surface area contributed by atoms with Gasteiger partial charge in [-0.15, -0.1) is 11.3 Å². The van der Waals surface area contributed by atoms with E-state index in [0.29, 0.717) is 21.9 Å². The number of esters is 1. The second-order valence-corrected chi connectivity index (χ2v) is 8.86. The molecule has 0 bridgehead atoms. The van der Waals surface area contributed by atoms with Gasteiger partial charge in [0.15, 0.2) is 5.78 Å². The first-order valence-electron chi connectivity index (χ1n) is 7.96. The summed E-state index contributed by atoms with van der Waals surface area (Å²) in [7, 11) is 0. The number of anilines is 1. The molecule has 6 nitrogen and oxygen atoms in total. The highest BCUT2D eigenvalue weighted by atomic mass is 35.6. The standard InChI is InChI=1S/C16H21Cl3N2O4S/c1-5-7-10(23)20-15(16(17,18)19)21-13-11(14(24)25-6-2)8(3)12(26-13)9(4)22/h15,21H,5-7H2,1-4H3,(H,20,23)/t15-/m1/s1. The Balaban J connectivity index is 3.29. The maximum Gasteiger partial charge on any atom is 0.341 e. The lowest BCUT2D eigenvalue weighted by atomic mass is 10.1. The lowest BCUT2D eigenvalue weighted by Gasteiger charge is -2.27. The Morgan fingerprint density at radius 3 is 2.31 bits per heavy atom. The van der Waals surface area contributed by atoms with Crippen LogP contribution in [0.1, 0.15) is 59.2 Å². The van der Waals surface area contributed by atoms with E-state index >= 15 is 0 Å². The van der Waals surface area contributed by atoms with Gasteiger partial charge >= 0.3 is 5.97 Å². The van der Waals surface area contributed by atoms with Crippen molar-refractivity contribution < 1.29 is 19.1 Å². The van der Waals surface area contributed by atoms with Gasteiger partial charge in [0.05, 0.1) is 17.0 Å². The maximum atomic E-state index is 12.3. The lowest BCUT2D eigenvalue weighted by molar-refractivity contribution is -0.121. The fourth-order valence-corrected chi connectivity index (χ4v) is 3.64. The molecule has 1 atom stereocenters. The molecule has 26 heavy (non-hydrogen) atoms. The number of carbonyl (C=O) groups excluding carboxylic acids is 3. The average Bonchev–Trinajstić information content (AvgIpc) is 2.83. The van der Waals surface area contributed by atoms with E-state index < -0.39 is 15.9 Å². The summed E-state index contributed by atoms with van der Waals surface area (Å²) in [6, 6.07) is 0. The average molecular weight is 444 g/mol. The van der Waals surface area contributed by atoms with Gasteiger partial charge in [0.25, 0.3) is 0 Å². The molecule has 0 fully saturated rings. The first-order chi connectivity index (χ1) is 12.0. The number of rotatable bonds is 8. The minimum Gasteiger partial charge on any atom is -0.462 e. The predicted octanol–water partition coefficient (Wildman–Crippen LogP) is 4.46. The van der Waals surface area contributed by atoms with Crippen LogP contribution < -0.4 is 10.6 Å². The number of nitrogens with one attached hydrogen (secondary N) is 2. The Bertz CT molecular complexity index is 686. The van der Waals surface area contributed by atoms with E-state index in [4.69, 9.17) is 39.5 Å². The molecule has 0 aliphatic heterocycles. The number of hydrogen-bond acceptors (Lipinski definition) is 6. The van der Waals surface area contributed by atoms with Gasteiger partial charge in [-0.05, 0) is 32.8 Å². The van der Waals surface area contributed by atoms with Gasteiger partial charge in [-0.2, -0.15) is 0 Å². The summed E-state index contributed by atoms with van der Waals surface area (Å²) in [5.74, 6) is -1.11. The number of amides is 1. The highest BCUT2D eigenvalue weighted by Gasteiger charge is 2.36. The lowest BCUT2D eigenvalue weighted by Crippen LogP contribution is -2.49. The van der Waals surface area contributed by atoms with Crippen LogP contribution in [0.15, 0.2) is 0 Å². The van der Waals surface area contributed by atoms with Crippen molar-refractivity contribution in [2.24, 2.45) is 0 Å². The molecule has 1 amide bonds. The van der Waals surface area contributed by atoms with Crippen molar-refractivity contribution in [1.29, 1.82) is 0 Å². The first-order valence-corrected chi connectivity index (χ1v) is 9.91. The molecule has 0 aliphatic carbocycles. The summed E-state index contributed by atoms with van der Waals surface area (Å²) in [5.41, 5.74) is 0.664. The van der Waals surface area contributed by atoms with E-state index in [1.165, 1.54) is 6.92 Å². The van der Waals surface area contributed by atoms with Crippen molar-refractivity contribution in [2.45, 2.75) is 50.5 Å². The highest BCUT2D eigenvalue weighted by molar-refractivity contribution is 7.18. The fraction of sp³-hybridized carbons (Fsp3) is 0.562. The molecule has 0 unspecified atom stereocenters. The number of ketones is 1. The molecule has 0 aliphatic rings. The molecule has 0 radical (unpaired) electrons. The zero-order valence-electron chi connectivity index (χ0n) is 14.9. The van der Waals surface area contributed by atoms with Crippen LogP contribution in [0, 0.1) is 6.92 Å². The van der Waals surface area contributed by atoms with Crippen LogP contribution in [0.2, 0.25) is 0 Å². The van der Waals surface area contributed by atoms with Crippen molar-refractivity contribution in [3.05, 3.63) is 16.0 Å². The first kappa shape index (κ1) is 23.0. The van der Waals surface area contributed by atoms with Crippen molar-refractivity contribution in [1.82, 2.24) is 5.32 Å². The number of halogens is 3. The summed E-state index contributed by atoms with van der Waals surface area (Å²) >= 11 is 19.0. The van der Waals surface area contributed by atoms with Crippen molar-refractivity contribution in [2.75, 3.05) is 11.9 Å². The number of carbonyl (C=O) groups is 3. The molecule has 10 heteroatoms. The van der Waals surface area contributed by atoms with Crippen LogP contribution in [0.25, 0.3) is 0 Å². The largest absolute Gasteiger partial charge is 0.462 e. The molecular formula is C16H21Cl3N2O4S. The Hall–Kier alpha value is -1.02. The van der Waals surface area contributed by atoms with Crippen LogP contribution in [-0.2, 0) is 9.53 Å². The van der Waals surface area contributed by atoms with E-state index in [1.807, 2.05) is 6.92 Å². The van der Waals surface area contributed by atoms with Crippen LogP contribution in [0.5, 0.6) is 0 Å². The third-order valence-electron chi connectivity index (χ3n) is 3.33. The Kier molecular flexibility index (Phi) is 8.66. The fourth-order valence-electron chi connectivity index (χ4n) is 2.19. The van der Waals surface area contributed by atoms with Crippen molar-refractivity contribution in [3.8, 4) is 0 Å². The second-order valence-electron chi connectivity index (χ2n) is 5.47. The quantitative estimate of drug-likeness (QED) is 0.268. The third kappa shape index (κ3) is 6.01. The normalized spacial score (nSPS) is 12.4. The predicted molar refractivity (Wildman–Crippen MR) is 106 cm³/mol. The molecule has 1 rings (SSSR count). The van der Waals surface area contributed by atoms with Gasteiger partial charge in [-0.25, -0.2) is 4.79 Å². The molecular weight excluding hydrogens is 423 g/mol. The molecule has 146 valence electrons. The monoisotopic (exact) mass is 442 g/mol. The SMILES string of the molecule is CCCC(=O)N[C@H](Nc1sc(C(C)=O)c(C)c1C(=O)OCC)C(Cl)(Cl)Cl. The number of ether oxygens (including phenoxy) is 1. The van der Waals surface area contributed by atoms with Crippen LogP contribution >= 0.6 is 46.1 Å². The molecule has 1 aromatic rings. The van der Waals surface area contributed by atoms with Gasteiger partial charge in [-0.1, -0.05) is 41.7 Å². The summed E-state index contributed by atoms with van der Waals surface area (Å²) < 4.78 is 3.17. The van der Waals surface area contributed by atoms with Gasteiger partial charge in [-0.3, -0.25) is 9.59 Å². The third-order valence-corrected chi connectivity index (χ3v) is 5.31.